The Morgan fingerprint density at radius 1 is 0.950 bits per heavy atom. The maximum Gasteiger partial charge on any atom is 0.208 e. The molecule has 0 aliphatic rings. The van der Waals surface area contributed by atoms with Crippen LogP contribution < -0.4 is 0 Å². The van der Waals surface area contributed by atoms with Crippen LogP contribution in [0, 0.1) is 0 Å². The van der Waals surface area contributed by atoms with Gasteiger partial charge < -0.3 is 0 Å². The highest BCUT2D eigenvalue weighted by Gasteiger charge is 2.03. The third-order valence-corrected chi connectivity index (χ3v) is 3.15. The normalized spacial score (nSPS) is 9.50. The number of unbranched alkanes of at least 4 members (excludes halogenated alkanes) is 2. The Balaban J connectivity index is 0.000000612. The first kappa shape index (κ1) is 16.5. The second-order valence-corrected chi connectivity index (χ2v) is 4.75. The molecular formula is C18H21ClO. The van der Waals surface area contributed by atoms with E-state index >= 15 is 0 Å². The summed E-state index contributed by atoms with van der Waals surface area (Å²) in [6, 6.07) is 19.4. The SMILES string of the molecule is CCCCCc1ccccc1-c1ccccc1.O=CCl. The standard InChI is InChI=1S/C17H20.CHClO/c1-2-3-5-10-15-13-8-9-14-17(15)16-11-6-4-7-12-16;2-1-3/h4,6-9,11-14H,2-3,5,10H2,1H3;1H. The lowest BCUT2D eigenvalue weighted by molar-refractivity contribution is 0.569. The lowest BCUT2D eigenvalue weighted by Crippen LogP contribution is -1.90. The van der Waals surface area contributed by atoms with Crippen molar-refractivity contribution < 1.29 is 4.79 Å². The summed E-state index contributed by atoms with van der Waals surface area (Å²) < 4.78 is 0. The average molecular weight is 289 g/mol. The fourth-order valence-corrected chi connectivity index (χ4v) is 2.20. The summed E-state index contributed by atoms with van der Waals surface area (Å²) in [5.74, 6) is 0.222. The third kappa shape index (κ3) is 5.58. The minimum Gasteiger partial charge on any atom is -0.285 e. The minimum absolute atomic E-state index is 0.222. The zero-order valence-corrected chi connectivity index (χ0v) is 12.6. The molecule has 1 nitrogen and oxygen atoms in total. The van der Waals surface area contributed by atoms with Crippen LogP contribution in [-0.4, -0.2) is 5.75 Å². The molecule has 0 radical (unpaired) electrons. The summed E-state index contributed by atoms with van der Waals surface area (Å²) >= 11 is 4.32. The molecule has 20 heavy (non-hydrogen) atoms. The van der Waals surface area contributed by atoms with Gasteiger partial charge >= 0.3 is 0 Å². The van der Waals surface area contributed by atoms with E-state index in [0.717, 1.165) is 0 Å². The summed E-state index contributed by atoms with van der Waals surface area (Å²) in [7, 11) is 0. The van der Waals surface area contributed by atoms with Gasteiger partial charge in [0.15, 0.2) is 0 Å². The average Bonchev–Trinajstić information content (AvgIpc) is 2.50. The fraction of sp³-hybridized carbons (Fsp3) is 0.278. The van der Waals surface area contributed by atoms with Crippen molar-refractivity contribution in [2.24, 2.45) is 0 Å². The van der Waals surface area contributed by atoms with Crippen molar-refractivity contribution in [1.29, 1.82) is 0 Å². The van der Waals surface area contributed by atoms with Gasteiger partial charge in [0.1, 0.15) is 0 Å². The van der Waals surface area contributed by atoms with Crippen LogP contribution >= 0.6 is 11.6 Å². The Morgan fingerprint density at radius 3 is 2.20 bits per heavy atom. The van der Waals surface area contributed by atoms with Crippen LogP contribution in [0.25, 0.3) is 11.1 Å². The van der Waals surface area contributed by atoms with Crippen molar-refractivity contribution in [2.75, 3.05) is 0 Å². The van der Waals surface area contributed by atoms with E-state index in [1.54, 1.807) is 0 Å². The largest absolute Gasteiger partial charge is 0.285 e. The molecule has 0 aliphatic heterocycles. The number of rotatable bonds is 5. The number of hydrogen-bond donors (Lipinski definition) is 0. The van der Waals surface area contributed by atoms with E-state index in [9.17, 15) is 0 Å². The topological polar surface area (TPSA) is 17.1 Å². The van der Waals surface area contributed by atoms with E-state index in [0.29, 0.717) is 0 Å². The van der Waals surface area contributed by atoms with Gasteiger partial charge in [-0.15, -0.1) is 0 Å². The number of aryl methyl sites for hydroxylation is 1. The second kappa shape index (κ2) is 10.2. The van der Waals surface area contributed by atoms with Crippen molar-refractivity contribution in [3.05, 3.63) is 60.2 Å². The van der Waals surface area contributed by atoms with Gasteiger partial charge in [-0.25, -0.2) is 0 Å². The Bertz CT molecular complexity index is 494. The predicted molar refractivity (Wildman–Crippen MR) is 87.7 cm³/mol. The molecule has 0 spiro atoms. The van der Waals surface area contributed by atoms with Gasteiger partial charge in [0.05, 0.1) is 0 Å². The molecule has 0 bridgehead atoms. The van der Waals surface area contributed by atoms with E-state index in [-0.39, 0.29) is 5.75 Å². The Labute approximate surface area is 126 Å². The molecule has 0 saturated heterocycles. The minimum atomic E-state index is 0.222. The molecule has 2 heteroatoms. The number of carbonyl (C=O) groups is 1. The molecule has 2 aromatic rings. The molecule has 106 valence electrons. The molecule has 0 heterocycles. The van der Waals surface area contributed by atoms with E-state index < -0.39 is 0 Å². The van der Waals surface area contributed by atoms with Gasteiger partial charge in [-0.1, -0.05) is 74.4 Å². The van der Waals surface area contributed by atoms with Crippen molar-refractivity contribution in [1.82, 2.24) is 0 Å². The molecule has 2 rings (SSSR count). The highest BCUT2D eigenvalue weighted by atomic mass is 35.5. The van der Waals surface area contributed by atoms with Gasteiger partial charge in [-0.2, -0.15) is 0 Å². The first-order chi connectivity index (χ1) is 9.83. The molecule has 2 aromatic carbocycles. The van der Waals surface area contributed by atoms with E-state index in [4.69, 9.17) is 4.79 Å². The van der Waals surface area contributed by atoms with Crippen LogP contribution in [0.4, 0.5) is 0 Å². The molecule has 0 unspecified atom stereocenters. The van der Waals surface area contributed by atoms with Gasteiger partial charge in [-0.05, 0) is 41.1 Å². The van der Waals surface area contributed by atoms with Crippen LogP contribution in [0.3, 0.4) is 0 Å². The Morgan fingerprint density at radius 2 is 1.55 bits per heavy atom. The molecule has 0 amide bonds. The number of benzene rings is 2. The quantitative estimate of drug-likeness (QED) is 0.403. The van der Waals surface area contributed by atoms with Crippen LogP contribution in [0.1, 0.15) is 31.7 Å². The van der Waals surface area contributed by atoms with E-state index in [1.165, 1.54) is 42.4 Å². The predicted octanol–water partition coefficient (Wildman–Crippen LogP) is 5.50. The molecule has 0 fully saturated rings. The first-order valence-electron chi connectivity index (χ1n) is 7.00. The van der Waals surface area contributed by atoms with Gasteiger partial charge in [0.2, 0.25) is 5.75 Å². The zero-order valence-electron chi connectivity index (χ0n) is 11.9. The van der Waals surface area contributed by atoms with Gasteiger partial charge in [0, 0.05) is 0 Å². The van der Waals surface area contributed by atoms with Crippen LogP contribution in [0.2, 0.25) is 0 Å². The maximum absolute atomic E-state index is 8.57. The summed E-state index contributed by atoms with van der Waals surface area (Å²) in [6.45, 7) is 2.25. The number of carbonyl (C=O) groups excluding carboxylic acids is 1. The van der Waals surface area contributed by atoms with Crippen LogP contribution in [0.15, 0.2) is 54.6 Å². The molecule has 0 atom stereocenters. The zero-order chi connectivity index (χ0) is 14.6. The second-order valence-electron chi connectivity index (χ2n) is 4.57. The Kier molecular flexibility index (Phi) is 8.41. The first-order valence-corrected chi connectivity index (χ1v) is 7.44. The molecule has 0 aromatic heterocycles. The molecular weight excluding hydrogens is 268 g/mol. The lowest BCUT2D eigenvalue weighted by Gasteiger charge is -2.09. The van der Waals surface area contributed by atoms with Crippen LogP contribution in [-0.2, 0) is 11.2 Å². The summed E-state index contributed by atoms with van der Waals surface area (Å²) in [5.41, 5.74) is 4.20. The van der Waals surface area contributed by atoms with Crippen molar-refractivity contribution in [2.45, 2.75) is 32.6 Å². The highest BCUT2D eigenvalue weighted by molar-refractivity contribution is 6.54. The maximum atomic E-state index is 8.57. The third-order valence-electron chi connectivity index (χ3n) is 3.15. The number of hydrogen-bond acceptors (Lipinski definition) is 1. The van der Waals surface area contributed by atoms with Crippen molar-refractivity contribution in [3.8, 4) is 11.1 Å². The van der Waals surface area contributed by atoms with Crippen LogP contribution in [0.5, 0.6) is 0 Å². The summed E-state index contributed by atoms with van der Waals surface area (Å²) in [5, 5.41) is 0. The summed E-state index contributed by atoms with van der Waals surface area (Å²) in [4.78, 5) is 8.57. The van der Waals surface area contributed by atoms with E-state index in [2.05, 4.69) is 73.1 Å². The molecule has 0 N–H and O–H groups in total. The van der Waals surface area contributed by atoms with Crippen molar-refractivity contribution in [3.63, 3.8) is 0 Å². The molecule has 0 aliphatic carbocycles. The smallest absolute Gasteiger partial charge is 0.208 e. The van der Waals surface area contributed by atoms with Gasteiger partial charge in [0.25, 0.3) is 0 Å². The molecule has 0 saturated carbocycles. The van der Waals surface area contributed by atoms with Crippen molar-refractivity contribution >= 4 is 17.3 Å². The van der Waals surface area contributed by atoms with Gasteiger partial charge in [-0.3, -0.25) is 4.79 Å². The van der Waals surface area contributed by atoms with E-state index in [1.807, 2.05) is 0 Å². The summed E-state index contributed by atoms with van der Waals surface area (Å²) in [6.07, 6.45) is 5.09. The monoisotopic (exact) mass is 288 g/mol. The fourth-order valence-electron chi connectivity index (χ4n) is 2.20. The highest BCUT2D eigenvalue weighted by Crippen LogP contribution is 2.24. The lowest BCUT2D eigenvalue weighted by atomic mass is 9.96. The number of halogens is 1. The Hall–Kier alpha value is -1.60.